The standard InChI is InChI=1S/C42H50N10O7/c1-42(2)16-14-28-31(22-42)48-49-37(28)39(56)46-27-23-45-51(25-27)32(26-8-5-4-6-9-26)15-18-50(3)19-21-59-20-17-43-35(54)24-44-30-11-7-10-29-36(30)41(58)52(40(29)57)33-12-13-34(53)47-38(33)55/h4-11,23,25,32-33,44H,12-22,24H2,1-3H3,(H,43,54)(H,46,56)(H,48,49)(H,47,53,55). The van der Waals surface area contributed by atoms with Crippen LogP contribution in [0.25, 0.3) is 0 Å². The maximum Gasteiger partial charge on any atom is 0.276 e. The van der Waals surface area contributed by atoms with Crippen LogP contribution in [0.4, 0.5) is 11.4 Å². The highest BCUT2D eigenvalue weighted by atomic mass is 16.5. The largest absolute Gasteiger partial charge is 0.378 e. The molecule has 17 nitrogen and oxygen atoms in total. The van der Waals surface area contributed by atoms with Gasteiger partial charge in [0.15, 0.2) is 5.69 Å². The molecule has 1 aliphatic carbocycles. The van der Waals surface area contributed by atoms with Gasteiger partial charge in [0, 0.05) is 49.2 Å². The Hall–Kier alpha value is -6.20. The van der Waals surface area contributed by atoms with Crippen LogP contribution in [0.1, 0.15) is 93.6 Å². The number of piperidine rings is 1. The first-order valence-corrected chi connectivity index (χ1v) is 20.0. The fraction of sp³-hybridized carbons (Fsp3) is 0.429. The smallest absolute Gasteiger partial charge is 0.276 e. The fourth-order valence-corrected chi connectivity index (χ4v) is 7.86. The molecule has 17 heteroatoms. The summed E-state index contributed by atoms with van der Waals surface area (Å²) in [7, 11) is 2.02. The first-order chi connectivity index (χ1) is 28.4. The van der Waals surface area contributed by atoms with Crippen LogP contribution >= 0.6 is 0 Å². The van der Waals surface area contributed by atoms with E-state index in [2.05, 4.69) is 67.4 Å². The number of hydrogen-bond donors (Lipinski definition) is 5. The normalized spacial score (nSPS) is 17.7. The van der Waals surface area contributed by atoms with Gasteiger partial charge >= 0.3 is 0 Å². The number of nitrogens with one attached hydrogen (secondary N) is 5. The summed E-state index contributed by atoms with van der Waals surface area (Å²) in [5.74, 6) is -2.98. The Morgan fingerprint density at radius 1 is 1.02 bits per heavy atom. The maximum atomic E-state index is 13.3. The summed E-state index contributed by atoms with van der Waals surface area (Å²) in [5, 5.41) is 23.0. The van der Waals surface area contributed by atoms with Crippen molar-refractivity contribution in [3.63, 3.8) is 0 Å². The molecule has 4 aromatic rings. The van der Waals surface area contributed by atoms with Crippen LogP contribution in [0.2, 0.25) is 0 Å². The Morgan fingerprint density at radius 2 is 1.83 bits per heavy atom. The number of anilines is 2. The number of likely N-dealkylation sites (N-methyl/N-ethyl adjacent to an activating group) is 1. The molecule has 0 spiro atoms. The molecule has 310 valence electrons. The molecule has 1 saturated heterocycles. The van der Waals surface area contributed by atoms with E-state index in [4.69, 9.17) is 4.74 Å². The number of aromatic amines is 1. The molecule has 1 fully saturated rings. The predicted molar refractivity (Wildman–Crippen MR) is 217 cm³/mol. The average Bonchev–Trinajstić information content (AvgIpc) is 3.91. The van der Waals surface area contributed by atoms with Gasteiger partial charge < -0.3 is 25.6 Å². The predicted octanol–water partition coefficient (Wildman–Crippen LogP) is 2.93. The van der Waals surface area contributed by atoms with Crippen LogP contribution in [0.5, 0.6) is 0 Å². The summed E-state index contributed by atoms with van der Waals surface area (Å²) < 4.78 is 7.68. The van der Waals surface area contributed by atoms with Gasteiger partial charge in [0.05, 0.1) is 48.8 Å². The number of ether oxygens (including phenoxy) is 1. The first-order valence-electron chi connectivity index (χ1n) is 20.0. The molecule has 2 unspecified atom stereocenters. The summed E-state index contributed by atoms with van der Waals surface area (Å²) in [5.41, 5.74) is 4.86. The molecule has 0 saturated carbocycles. The Labute approximate surface area is 341 Å². The SMILES string of the molecule is CN(CCOCCNC(=O)CNc1cccc2c1C(=O)N(C1CCC(=O)NC1=O)C2=O)CCC(c1ccccc1)n1cc(NC(=O)c2n[nH]c3c2CCC(C)(C)C3)cn1. The number of rotatable bonds is 17. The highest BCUT2D eigenvalue weighted by Crippen LogP contribution is 2.35. The zero-order valence-electron chi connectivity index (χ0n) is 33.5. The second kappa shape index (κ2) is 17.7. The van der Waals surface area contributed by atoms with Crippen molar-refractivity contribution in [2.45, 2.75) is 64.5 Å². The summed E-state index contributed by atoms with van der Waals surface area (Å²) in [6.07, 6.45) is 7.03. The lowest BCUT2D eigenvalue weighted by Gasteiger charge is -2.28. The van der Waals surface area contributed by atoms with E-state index in [1.165, 1.54) is 6.07 Å². The van der Waals surface area contributed by atoms with E-state index < -0.39 is 29.7 Å². The van der Waals surface area contributed by atoms with Gasteiger partial charge in [0.2, 0.25) is 17.7 Å². The number of aromatic nitrogens is 4. The van der Waals surface area contributed by atoms with Crippen LogP contribution in [-0.4, -0.2) is 118 Å². The fourth-order valence-electron chi connectivity index (χ4n) is 7.86. The molecule has 2 aliphatic heterocycles. The quantitative estimate of drug-likeness (QED) is 0.0773. The zero-order chi connectivity index (χ0) is 41.7. The van der Waals surface area contributed by atoms with Gasteiger partial charge in [-0.25, -0.2) is 0 Å². The number of fused-ring (bicyclic) bond motifs is 2. The highest BCUT2D eigenvalue weighted by Gasteiger charge is 2.45. The number of benzene rings is 2. The van der Waals surface area contributed by atoms with E-state index in [9.17, 15) is 28.8 Å². The van der Waals surface area contributed by atoms with Crippen molar-refractivity contribution in [3.05, 3.63) is 94.6 Å². The van der Waals surface area contributed by atoms with Crippen molar-refractivity contribution >= 4 is 46.8 Å². The van der Waals surface area contributed by atoms with Gasteiger partial charge in [-0.2, -0.15) is 10.2 Å². The third-order valence-corrected chi connectivity index (χ3v) is 11.1. The van der Waals surface area contributed by atoms with Crippen LogP contribution in [0.3, 0.4) is 0 Å². The van der Waals surface area contributed by atoms with Crippen molar-refractivity contribution in [2.75, 3.05) is 57.1 Å². The van der Waals surface area contributed by atoms with E-state index in [-0.39, 0.29) is 60.3 Å². The van der Waals surface area contributed by atoms with Crippen LogP contribution in [0.15, 0.2) is 60.9 Å². The summed E-state index contributed by atoms with van der Waals surface area (Å²) in [6, 6.07) is 13.6. The topological polar surface area (TPSA) is 213 Å². The van der Waals surface area contributed by atoms with Crippen molar-refractivity contribution < 1.29 is 33.5 Å². The molecule has 2 aromatic heterocycles. The van der Waals surface area contributed by atoms with Crippen LogP contribution in [-0.2, 0) is 32.0 Å². The molecular formula is C42H50N10O7. The second-order valence-electron chi connectivity index (χ2n) is 16.0. The molecule has 2 atom stereocenters. The minimum absolute atomic E-state index is 0.0249. The van der Waals surface area contributed by atoms with E-state index in [0.29, 0.717) is 36.8 Å². The van der Waals surface area contributed by atoms with Gasteiger partial charge in [-0.1, -0.05) is 50.2 Å². The third kappa shape index (κ3) is 9.42. The second-order valence-corrected chi connectivity index (χ2v) is 16.0. The number of imide groups is 2. The molecular weight excluding hydrogens is 757 g/mol. The molecule has 4 heterocycles. The summed E-state index contributed by atoms with van der Waals surface area (Å²) >= 11 is 0. The Kier molecular flexibility index (Phi) is 12.3. The van der Waals surface area contributed by atoms with Gasteiger partial charge in [-0.3, -0.25) is 48.8 Å². The molecule has 0 radical (unpaired) electrons. The minimum Gasteiger partial charge on any atom is -0.378 e. The van der Waals surface area contributed by atoms with Crippen molar-refractivity contribution in [2.24, 2.45) is 5.41 Å². The molecule has 2 aromatic carbocycles. The van der Waals surface area contributed by atoms with Gasteiger partial charge in [-0.05, 0) is 62.3 Å². The van der Waals surface area contributed by atoms with Gasteiger partial charge in [0.1, 0.15) is 6.04 Å². The Morgan fingerprint density at radius 3 is 2.63 bits per heavy atom. The number of amides is 6. The average molecular weight is 807 g/mol. The van der Waals surface area contributed by atoms with E-state index >= 15 is 0 Å². The van der Waals surface area contributed by atoms with Gasteiger partial charge in [0.25, 0.3) is 17.7 Å². The summed E-state index contributed by atoms with van der Waals surface area (Å²) in [6.45, 7) is 6.71. The molecule has 5 N–H and O–H groups in total. The molecule has 7 rings (SSSR count). The molecule has 0 bridgehead atoms. The van der Waals surface area contributed by atoms with Crippen LogP contribution < -0.4 is 21.3 Å². The van der Waals surface area contributed by atoms with Crippen molar-refractivity contribution in [3.8, 4) is 0 Å². The van der Waals surface area contributed by atoms with Crippen molar-refractivity contribution in [1.82, 2.24) is 40.4 Å². The van der Waals surface area contributed by atoms with Crippen molar-refractivity contribution in [1.29, 1.82) is 0 Å². The number of carbonyl (C=O) groups is 6. The Balaban J connectivity index is 0.832. The lowest BCUT2D eigenvalue weighted by Crippen LogP contribution is -2.54. The maximum absolute atomic E-state index is 13.3. The monoisotopic (exact) mass is 806 g/mol. The van der Waals surface area contributed by atoms with Crippen LogP contribution in [0, 0.1) is 5.41 Å². The van der Waals surface area contributed by atoms with E-state index in [1.54, 1.807) is 18.3 Å². The van der Waals surface area contributed by atoms with Gasteiger partial charge in [-0.15, -0.1) is 0 Å². The minimum atomic E-state index is -1.08. The molecule has 3 aliphatic rings. The zero-order valence-corrected chi connectivity index (χ0v) is 33.5. The van der Waals surface area contributed by atoms with E-state index in [0.717, 1.165) is 53.9 Å². The first kappa shape index (κ1) is 41.0. The number of H-pyrrole nitrogens is 1. The number of carbonyl (C=O) groups excluding carboxylic acids is 6. The molecule has 6 amide bonds. The lowest BCUT2D eigenvalue weighted by atomic mass is 9.76. The Bertz CT molecular complexity index is 2230. The molecule has 59 heavy (non-hydrogen) atoms. The highest BCUT2D eigenvalue weighted by molar-refractivity contribution is 6.25. The summed E-state index contributed by atoms with van der Waals surface area (Å²) in [4.78, 5) is 79.3. The van der Waals surface area contributed by atoms with E-state index in [1.807, 2.05) is 36.1 Å². The number of nitrogens with zero attached hydrogens (tertiary/aromatic N) is 5. The lowest BCUT2D eigenvalue weighted by molar-refractivity contribution is -0.136. The number of hydrogen-bond acceptors (Lipinski definition) is 11. The third-order valence-electron chi connectivity index (χ3n) is 11.1.